The van der Waals surface area contributed by atoms with Gasteiger partial charge in [0.15, 0.2) is 0 Å². The average Bonchev–Trinajstić information content (AvgIpc) is 3.63. The van der Waals surface area contributed by atoms with Crippen LogP contribution in [0.4, 0.5) is 5.69 Å². The highest BCUT2D eigenvalue weighted by Gasteiger charge is 2.21. The highest BCUT2D eigenvalue weighted by molar-refractivity contribution is 5.83. The number of rotatable bonds is 16. The zero-order valence-corrected chi connectivity index (χ0v) is 27.2. The summed E-state index contributed by atoms with van der Waals surface area (Å²) in [6.07, 6.45) is 9.61. The van der Waals surface area contributed by atoms with Gasteiger partial charge in [-0.25, -0.2) is 0 Å². The fourth-order valence-corrected chi connectivity index (χ4v) is 6.45. The summed E-state index contributed by atoms with van der Waals surface area (Å²) < 4.78 is 5.35. The number of aliphatic hydroxyl groups excluding tert-OH is 2. The van der Waals surface area contributed by atoms with E-state index in [1.54, 1.807) is 7.11 Å². The van der Waals surface area contributed by atoms with E-state index >= 15 is 0 Å². The number of ether oxygens (including phenoxy) is 1. The van der Waals surface area contributed by atoms with Gasteiger partial charge in [0, 0.05) is 55.0 Å². The number of hydrogen-bond acceptors (Lipinski definition) is 5. The number of aliphatic imine (C=N–C) groups is 1. The van der Waals surface area contributed by atoms with Crippen LogP contribution in [0.2, 0.25) is 0 Å². The van der Waals surface area contributed by atoms with Crippen molar-refractivity contribution in [1.29, 1.82) is 5.41 Å². The standard InChI is InChI=1S/C36H49N5O3/c1-7-26-27(8-2)32(39-31(26)18-33-28(11-9-15-42)23(4)35(20-37)40-33)19-34-29(12-10-16-43)24(5)36(41-34)21-38-30-14-13-25(44-6)17-22(30)3/h13-14,17,20-21,37,39-43H,7-12,15-16,18-19H2,1-6H3. The lowest BCUT2D eigenvalue weighted by Crippen LogP contribution is -2.00. The quantitative estimate of drug-likeness (QED) is 0.0820. The molecule has 6 N–H and O–H groups in total. The molecule has 0 fully saturated rings. The van der Waals surface area contributed by atoms with Crippen molar-refractivity contribution in [2.75, 3.05) is 20.3 Å². The van der Waals surface area contributed by atoms with Crippen molar-refractivity contribution in [3.63, 3.8) is 0 Å². The Labute approximate surface area is 261 Å². The van der Waals surface area contributed by atoms with Crippen LogP contribution in [0, 0.1) is 26.2 Å². The summed E-state index contributed by atoms with van der Waals surface area (Å²) in [4.78, 5) is 15.8. The Kier molecular flexibility index (Phi) is 11.4. The lowest BCUT2D eigenvalue weighted by molar-refractivity contribution is 0.288. The van der Waals surface area contributed by atoms with Crippen molar-refractivity contribution >= 4 is 18.1 Å². The van der Waals surface area contributed by atoms with Crippen molar-refractivity contribution in [2.24, 2.45) is 4.99 Å². The molecule has 0 atom stereocenters. The number of nitrogens with one attached hydrogen (secondary N) is 4. The Morgan fingerprint density at radius 2 is 1.30 bits per heavy atom. The van der Waals surface area contributed by atoms with E-state index in [1.165, 1.54) is 45.4 Å². The molecule has 4 rings (SSSR count). The van der Waals surface area contributed by atoms with Gasteiger partial charge >= 0.3 is 0 Å². The molecule has 236 valence electrons. The number of benzene rings is 1. The molecule has 0 amide bonds. The zero-order valence-electron chi connectivity index (χ0n) is 27.2. The molecule has 8 heteroatoms. The predicted octanol–water partition coefficient (Wildman–Crippen LogP) is 6.51. The topological polar surface area (TPSA) is 133 Å². The summed E-state index contributed by atoms with van der Waals surface area (Å²) in [5.41, 5.74) is 15.9. The zero-order chi connectivity index (χ0) is 31.8. The minimum Gasteiger partial charge on any atom is -0.497 e. The molecule has 0 radical (unpaired) electrons. The van der Waals surface area contributed by atoms with E-state index in [4.69, 9.17) is 15.1 Å². The first kappa shape index (κ1) is 33.0. The molecule has 44 heavy (non-hydrogen) atoms. The van der Waals surface area contributed by atoms with Crippen molar-refractivity contribution in [3.8, 4) is 5.75 Å². The van der Waals surface area contributed by atoms with E-state index in [0.717, 1.165) is 83.9 Å². The molecule has 0 saturated heterocycles. The van der Waals surface area contributed by atoms with Crippen LogP contribution in [-0.4, -0.2) is 57.9 Å². The maximum Gasteiger partial charge on any atom is 0.119 e. The molecular weight excluding hydrogens is 550 g/mol. The Morgan fingerprint density at radius 1 is 0.773 bits per heavy atom. The fourth-order valence-electron chi connectivity index (χ4n) is 6.45. The van der Waals surface area contributed by atoms with Crippen LogP contribution in [0.25, 0.3) is 0 Å². The number of aromatic nitrogens is 3. The van der Waals surface area contributed by atoms with Gasteiger partial charge in [0.05, 0.1) is 30.4 Å². The van der Waals surface area contributed by atoms with Gasteiger partial charge in [-0.05, 0) is 116 Å². The number of H-pyrrole nitrogens is 3. The van der Waals surface area contributed by atoms with Gasteiger partial charge in [0.1, 0.15) is 5.75 Å². The summed E-state index contributed by atoms with van der Waals surface area (Å²) in [6, 6.07) is 5.89. The van der Waals surface area contributed by atoms with Gasteiger partial charge in [0.25, 0.3) is 0 Å². The van der Waals surface area contributed by atoms with Gasteiger partial charge in [-0.1, -0.05) is 13.8 Å². The summed E-state index contributed by atoms with van der Waals surface area (Å²) in [6.45, 7) is 11.0. The average molecular weight is 600 g/mol. The summed E-state index contributed by atoms with van der Waals surface area (Å²) in [5.74, 6) is 0.817. The fraction of sp³-hybridized carbons (Fsp3) is 0.444. The molecule has 1 aromatic carbocycles. The van der Waals surface area contributed by atoms with E-state index in [2.05, 4.69) is 42.6 Å². The third-order valence-corrected chi connectivity index (χ3v) is 8.87. The lowest BCUT2D eigenvalue weighted by Gasteiger charge is -2.07. The van der Waals surface area contributed by atoms with Crippen molar-refractivity contribution in [2.45, 2.75) is 86.0 Å². The minimum atomic E-state index is 0.150. The Hall–Kier alpha value is -3.88. The number of aliphatic hydroxyl groups is 2. The third-order valence-electron chi connectivity index (χ3n) is 8.87. The van der Waals surface area contributed by atoms with Crippen LogP contribution in [0.1, 0.15) is 99.8 Å². The molecule has 0 aliphatic carbocycles. The number of hydrogen-bond donors (Lipinski definition) is 6. The highest BCUT2D eigenvalue weighted by atomic mass is 16.5. The third kappa shape index (κ3) is 7.08. The predicted molar refractivity (Wildman–Crippen MR) is 180 cm³/mol. The molecule has 0 spiro atoms. The van der Waals surface area contributed by atoms with Gasteiger partial charge in [-0.2, -0.15) is 0 Å². The van der Waals surface area contributed by atoms with Crippen LogP contribution < -0.4 is 4.74 Å². The lowest BCUT2D eigenvalue weighted by atomic mass is 9.97. The van der Waals surface area contributed by atoms with Gasteiger partial charge in [-0.3, -0.25) is 4.99 Å². The van der Waals surface area contributed by atoms with Crippen LogP contribution in [0.3, 0.4) is 0 Å². The van der Waals surface area contributed by atoms with Crippen molar-refractivity contribution in [3.05, 3.63) is 91.3 Å². The smallest absolute Gasteiger partial charge is 0.119 e. The molecular formula is C36H49N5O3. The van der Waals surface area contributed by atoms with Crippen LogP contribution in [0.15, 0.2) is 23.2 Å². The maximum atomic E-state index is 9.66. The van der Waals surface area contributed by atoms with E-state index in [9.17, 15) is 10.2 Å². The van der Waals surface area contributed by atoms with E-state index < -0.39 is 0 Å². The van der Waals surface area contributed by atoms with E-state index in [-0.39, 0.29) is 13.2 Å². The Balaban J connectivity index is 1.70. The normalized spacial score (nSPS) is 11.6. The molecule has 4 aromatic rings. The Morgan fingerprint density at radius 3 is 1.77 bits per heavy atom. The van der Waals surface area contributed by atoms with Crippen molar-refractivity contribution in [1.82, 2.24) is 15.0 Å². The SMILES string of the molecule is CCc1c(Cc2[nH]c(C=N)c(C)c2CCCO)[nH]c(Cc2[nH]c(C=Nc3ccc(OC)cc3C)c(C)c2CCCO)c1CC. The van der Waals surface area contributed by atoms with Crippen molar-refractivity contribution < 1.29 is 14.9 Å². The van der Waals surface area contributed by atoms with Gasteiger partial charge in [-0.15, -0.1) is 0 Å². The van der Waals surface area contributed by atoms with Gasteiger partial charge < -0.3 is 35.3 Å². The van der Waals surface area contributed by atoms with Crippen LogP contribution >= 0.6 is 0 Å². The second-order valence-electron chi connectivity index (χ2n) is 11.6. The largest absolute Gasteiger partial charge is 0.497 e. The highest BCUT2D eigenvalue weighted by Crippen LogP contribution is 2.30. The van der Waals surface area contributed by atoms with Gasteiger partial charge in [0.2, 0.25) is 0 Å². The van der Waals surface area contributed by atoms with Crippen LogP contribution in [-0.2, 0) is 38.5 Å². The molecule has 0 saturated carbocycles. The molecule has 3 aromatic heterocycles. The number of aryl methyl sites for hydroxylation is 1. The monoisotopic (exact) mass is 599 g/mol. The van der Waals surface area contributed by atoms with E-state index in [1.807, 2.05) is 31.3 Å². The molecule has 0 aliphatic heterocycles. The molecule has 0 bridgehead atoms. The summed E-state index contributed by atoms with van der Waals surface area (Å²) >= 11 is 0. The first-order chi connectivity index (χ1) is 21.3. The van der Waals surface area contributed by atoms with E-state index in [0.29, 0.717) is 12.8 Å². The second kappa shape index (κ2) is 15.2. The first-order valence-corrected chi connectivity index (χ1v) is 15.8. The molecule has 3 heterocycles. The summed E-state index contributed by atoms with van der Waals surface area (Å²) in [5, 5.41) is 27.0. The Bertz CT molecular complexity index is 1600. The number of methoxy groups -OCH3 is 1. The summed E-state index contributed by atoms with van der Waals surface area (Å²) in [7, 11) is 1.67. The minimum absolute atomic E-state index is 0.150. The number of aromatic amines is 3. The number of nitrogens with zero attached hydrogens (tertiary/aromatic N) is 1. The maximum absolute atomic E-state index is 9.66. The second-order valence-corrected chi connectivity index (χ2v) is 11.6. The molecule has 8 nitrogen and oxygen atoms in total. The molecule has 0 unspecified atom stereocenters. The first-order valence-electron chi connectivity index (χ1n) is 15.8. The molecule has 0 aliphatic rings. The van der Waals surface area contributed by atoms with Crippen LogP contribution in [0.5, 0.6) is 5.75 Å².